The van der Waals surface area contributed by atoms with Crippen LogP contribution in [0.5, 0.6) is 0 Å². The van der Waals surface area contributed by atoms with Gasteiger partial charge < -0.3 is 14.8 Å². The third-order valence-corrected chi connectivity index (χ3v) is 2.61. The lowest BCUT2D eigenvalue weighted by atomic mass is 9.92. The Kier molecular flexibility index (Phi) is 3.72. The minimum Gasteiger partial charge on any atom is -0.468 e. The number of rotatable bonds is 5. The monoisotopic (exact) mass is 197 g/mol. The molecule has 1 aromatic heterocycles. The van der Waals surface area contributed by atoms with E-state index in [4.69, 9.17) is 4.42 Å². The number of hydrogen-bond donors (Lipinski definition) is 2. The maximum atomic E-state index is 9.93. The average Bonchev–Trinajstić information content (AvgIpc) is 2.56. The summed E-state index contributed by atoms with van der Waals surface area (Å²) in [6, 6.07) is 3.77. The fourth-order valence-corrected chi connectivity index (χ4v) is 1.06. The molecule has 0 aliphatic heterocycles. The van der Waals surface area contributed by atoms with E-state index in [0.717, 1.165) is 5.76 Å². The zero-order valence-electron chi connectivity index (χ0n) is 9.08. The van der Waals surface area contributed by atoms with Crippen LogP contribution in [0.15, 0.2) is 22.8 Å². The van der Waals surface area contributed by atoms with Gasteiger partial charge in [0.1, 0.15) is 5.76 Å². The molecule has 0 aliphatic carbocycles. The van der Waals surface area contributed by atoms with Crippen molar-refractivity contribution >= 4 is 0 Å². The second-order valence-electron chi connectivity index (χ2n) is 4.19. The molecule has 0 amide bonds. The first-order valence-corrected chi connectivity index (χ1v) is 4.98. The predicted molar refractivity (Wildman–Crippen MR) is 55.9 cm³/mol. The molecule has 0 saturated heterocycles. The first kappa shape index (κ1) is 11.3. The molecule has 2 N–H and O–H groups in total. The highest BCUT2D eigenvalue weighted by Crippen LogP contribution is 2.14. The number of aliphatic hydroxyl groups is 1. The largest absolute Gasteiger partial charge is 0.468 e. The van der Waals surface area contributed by atoms with Crippen molar-refractivity contribution in [3.63, 3.8) is 0 Å². The van der Waals surface area contributed by atoms with Crippen molar-refractivity contribution < 1.29 is 9.52 Å². The van der Waals surface area contributed by atoms with E-state index in [1.165, 1.54) is 0 Å². The van der Waals surface area contributed by atoms with E-state index in [0.29, 0.717) is 13.1 Å². The molecule has 80 valence electrons. The summed E-state index contributed by atoms with van der Waals surface area (Å²) in [6.45, 7) is 7.09. The van der Waals surface area contributed by atoms with Gasteiger partial charge in [0.05, 0.1) is 18.4 Å². The van der Waals surface area contributed by atoms with Crippen LogP contribution in [0.3, 0.4) is 0 Å². The SMILES string of the molecule is CC(C)C(C)(O)CNCc1ccco1. The highest BCUT2D eigenvalue weighted by Gasteiger charge is 2.23. The second-order valence-corrected chi connectivity index (χ2v) is 4.19. The molecule has 0 aromatic carbocycles. The van der Waals surface area contributed by atoms with E-state index in [2.05, 4.69) is 5.32 Å². The Bertz CT molecular complexity index is 252. The zero-order valence-corrected chi connectivity index (χ0v) is 9.08. The zero-order chi connectivity index (χ0) is 10.6. The first-order valence-electron chi connectivity index (χ1n) is 4.98. The summed E-state index contributed by atoms with van der Waals surface area (Å²) < 4.78 is 5.16. The Morgan fingerprint density at radius 1 is 1.57 bits per heavy atom. The van der Waals surface area contributed by atoms with E-state index in [1.807, 2.05) is 32.9 Å². The maximum Gasteiger partial charge on any atom is 0.117 e. The molecule has 3 nitrogen and oxygen atoms in total. The summed E-state index contributed by atoms with van der Waals surface area (Å²) in [5.41, 5.74) is -0.660. The van der Waals surface area contributed by atoms with Gasteiger partial charge in [-0.05, 0) is 25.0 Å². The summed E-state index contributed by atoms with van der Waals surface area (Å²) in [4.78, 5) is 0. The topological polar surface area (TPSA) is 45.4 Å². The summed E-state index contributed by atoms with van der Waals surface area (Å²) in [6.07, 6.45) is 1.65. The van der Waals surface area contributed by atoms with Crippen LogP contribution in [0.2, 0.25) is 0 Å². The van der Waals surface area contributed by atoms with Crippen molar-refractivity contribution in [3.05, 3.63) is 24.2 Å². The molecule has 0 saturated carbocycles. The molecule has 0 spiro atoms. The quantitative estimate of drug-likeness (QED) is 0.756. The minimum atomic E-state index is -0.660. The van der Waals surface area contributed by atoms with Crippen molar-refractivity contribution in [2.75, 3.05) is 6.54 Å². The summed E-state index contributed by atoms with van der Waals surface area (Å²) in [5, 5.41) is 13.1. The van der Waals surface area contributed by atoms with Crippen molar-refractivity contribution in [3.8, 4) is 0 Å². The third-order valence-electron chi connectivity index (χ3n) is 2.61. The van der Waals surface area contributed by atoms with Gasteiger partial charge in [0.2, 0.25) is 0 Å². The fraction of sp³-hybridized carbons (Fsp3) is 0.636. The van der Waals surface area contributed by atoms with Gasteiger partial charge in [0.25, 0.3) is 0 Å². The summed E-state index contributed by atoms with van der Waals surface area (Å²) in [5.74, 6) is 1.14. The number of hydrogen-bond acceptors (Lipinski definition) is 3. The van der Waals surface area contributed by atoms with Crippen LogP contribution >= 0.6 is 0 Å². The van der Waals surface area contributed by atoms with Crippen LogP contribution in [0.4, 0.5) is 0 Å². The van der Waals surface area contributed by atoms with E-state index in [9.17, 15) is 5.11 Å². The number of furan rings is 1. The van der Waals surface area contributed by atoms with Crippen LogP contribution < -0.4 is 5.32 Å². The van der Waals surface area contributed by atoms with Gasteiger partial charge in [0, 0.05) is 6.54 Å². The van der Waals surface area contributed by atoms with Gasteiger partial charge in [0.15, 0.2) is 0 Å². The molecule has 0 aliphatic rings. The molecule has 1 heterocycles. The van der Waals surface area contributed by atoms with E-state index in [-0.39, 0.29) is 5.92 Å². The van der Waals surface area contributed by atoms with Crippen LogP contribution in [-0.4, -0.2) is 17.3 Å². The van der Waals surface area contributed by atoms with Gasteiger partial charge in [-0.1, -0.05) is 13.8 Å². The highest BCUT2D eigenvalue weighted by atomic mass is 16.3. The molecule has 0 fully saturated rings. The van der Waals surface area contributed by atoms with Gasteiger partial charge in [-0.2, -0.15) is 0 Å². The second kappa shape index (κ2) is 4.62. The normalized spacial score (nSPS) is 15.8. The van der Waals surface area contributed by atoms with Crippen LogP contribution in [0.1, 0.15) is 26.5 Å². The van der Waals surface area contributed by atoms with E-state index < -0.39 is 5.60 Å². The molecule has 1 aromatic rings. The van der Waals surface area contributed by atoms with Gasteiger partial charge in [-0.25, -0.2) is 0 Å². The third kappa shape index (κ3) is 3.16. The average molecular weight is 197 g/mol. The molecule has 0 bridgehead atoms. The smallest absolute Gasteiger partial charge is 0.117 e. The highest BCUT2D eigenvalue weighted by molar-refractivity contribution is 4.97. The molecule has 1 rings (SSSR count). The summed E-state index contributed by atoms with van der Waals surface area (Å²) >= 11 is 0. The van der Waals surface area contributed by atoms with E-state index in [1.54, 1.807) is 6.26 Å². The Balaban J connectivity index is 2.28. The molecule has 0 radical (unpaired) electrons. The summed E-state index contributed by atoms with van der Waals surface area (Å²) in [7, 11) is 0. The lowest BCUT2D eigenvalue weighted by Gasteiger charge is -2.27. The van der Waals surface area contributed by atoms with Gasteiger partial charge in [-0.15, -0.1) is 0 Å². The molecular formula is C11H19NO2. The van der Waals surface area contributed by atoms with Crippen LogP contribution in [0, 0.1) is 5.92 Å². The number of nitrogens with one attached hydrogen (secondary N) is 1. The maximum absolute atomic E-state index is 9.93. The first-order chi connectivity index (χ1) is 6.52. The van der Waals surface area contributed by atoms with Crippen molar-refractivity contribution in [2.24, 2.45) is 5.92 Å². The Morgan fingerprint density at radius 3 is 2.79 bits per heavy atom. The van der Waals surface area contributed by atoms with Gasteiger partial charge >= 0.3 is 0 Å². The van der Waals surface area contributed by atoms with Crippen molar-refractivity contribution in [2.45, 2.75) is 32.9 Å². The molecule has 3 heteroatoms. The fourth-order valence-electron chi connectivity index (χ4n) is 1.06. The Labute approximate surface area is 85.1 Å². The van der Waals surface area contributed by atoms with Crippen LogP contribution in [-0.2, 0) is 6.54 Å². The molecule has 14 heavy (non-hydrogen) atoms. The molecule has 1 atom stereocenters. The van der Waals surface area contributed by atoms with Gasteiger partial charge in [-0.3, -0.25) is 0 Å². The standard InChI is InChI=1S/C11H19NO2/c1-9(2)11(3,13)8-12-7-10-5-4-6-14-10/h4-6,9,12-13H,7-8H2,1-3H3. The lowest BCUT2D eigenvalue weighted by Crippen LogP contribution is -2.41. The lowest BCUT2D eigenvalue weighted by molar-refractivity contribution is 0.0136. The van der Waals surface area contributed by atoms with Crippen molar-refractivity contribution in [1.82, 2.24) is 5.32 Å². The van der Waals surface area contributed by atoms with E-state index >= 15 is 0 Å². The predicted octanol–water partition coefficient (Wildman–Crippen LogP) is 1.78. The van der Waals surface area contributed by atoms with Crippen molar-refractivity contribution in [1.29, 1.82) is 0 Å². The van der Waals surface area contributed by atoms with Crippen LogP contribution in [0.25, 0.3) is 0 Å². The Morgan fingerprint density at radius 2 is 2.29 bits per heavy atom. The Hall–Kier alpha value is -0.800. The minimum absolute atomic E-state index is 0.242. The molecular weight excluding hydrogens is 178 g/mol. The molecule has 1 unspecified atom stereocenters.